The fraction of sp³-hybridized carbons (Fsp3) is 0.522. The molecular weight excluding hydrogens is 496 g/mol. The van der Waals surface area contributed by atoms with E-state index in [1.165, 1.54) is 0 Å². The number of carbonyl (C=O) groups is 5. The number of carbonyl (C=O) groups excluding carboxylic acids is 2. The molecule has 0 fully saturated rings. The molecule has 206 valence electrons. The van der Waals surface area contributed by atoms with E-state index >= 15 is 0 Å². The van der Waals surface area contributed by atoms with Crippen molar-refractivity contribution in [2.24, 2.45) is 0 Å². The number of carboxylic acid groups (broad SMARTS) is 3. The quantitative estimate of drug-likeness (QED) is 0.144. The molecule has 0 aliphatic heterocycles. The van der Waals surface area contributed by atoms with Gasteiger partial charge in [0.2, 0.25) is 5.91 Å². The molecule has 14 heteroatoms. The van der Waals surface area contributed by atoms with Gasteiger partial charge in [0.1, 0.15) is 12.6 Å². The second kappa shape index (κ2) is 18.5. The molecule has 0 unspecified atom stereocenters. The van der Waals surface area contributed by atoms with Gasteiger partial charge in [-0.2, -0.15) is 0 Å². The van der Waals surface area contributed by atoms with Gasteiger partial charge in [0, 0.05) is 0 Å². The molecular formula is C23H32N2O12. The van der Waals surface area contributed by atoms with Crippen LogP contribution < -0.4 is 10.6 Å². The van der Waals surface area contributed by atoms with Crippen LogP contribution in [0.15, 0.2) is 30.3 Å². The molecule has 1 aromatic carbocycles. The van der Waals surface area contributed by atoms with Gasteiger partial charge in [0.05, 0.1) is 64.9 Å². The van der Waals surface area contributed by atoms with E-state index in [9.17, 15) is 24.0 Å². The van der Waals surface area contributed by atoms with Crippen LogP contribution in [0.4, 0.5) is 4.79 Å². The number of alkyl carbamates (subject to hydrolysis) is 1. The van der Waals surface area contributed by atoms with E-state index in [0.717, 1.165) is 0 Å². The third kappa shape index (κ3) is 16.5. The number of nitrogens with one attached hydrogen (secondary N) is 2. The molecule has 0 aromatic heterocycles. The standard InChI is InChI=1S/C23H32N2O12/c26-19(27)6-9-34-13-17(14-35-10-7-20(28)29)24-22(32)18(15-36-11-8-21(30)31)25-23(33)37-12-16-4-2-1-3-5-16/h1-5,17-18H,6-15H2,(H,24,32)(H,25,33)(H,26,27)(H,28,29)(H,30,31)/t18-/m0/s1. The number of ether oxygens (including phenoxy) is 4. The van der Waals surface area contributed by atoms with Crippen LogP contribution in [-0.2, 0) is 44.7 Å². The van der Waals surface area contributed by atoms with Gasteiger partial charge in [-0.05, 0) is 5.56 Å². The SMILES string of the molecule is O=C(O)CCOCC(COCCC(=O)O)NC(=O)[C@H](COCCC(=O)O)NC(=O)OCc1ccccc1. The van der Waals surface area contributed by atoms with Gasteiger partial charge in [-0.15, -0.1) is 0 Å². The first kappa shape index (κ1) is 31.3. The zero-order chi connectivity index (χ0) is 27.5. The Bertz CT molecular complexity index is 843. The lowest BCUT2D eigenvalue weighted by atomic mass is 10.2. The van der Waals surface area contributed by atoms with Crippen LogP contribution in [0, 0.1) is 0 Å². The molecule has 0 saturated carbocycles. The first-order valence-electron chi connectivity index (χ1n) is 11.3. The van der Waals surface area contributed by atoms with Gasteiger partial charge in [-0.3, -0.25) is 19.2 Å². The highest BCUT2D eigenvalue weighted by molar-refractivity contribution is 5.86. The predicted octanol–water partition coefficient (Wildman–Crippen LogP) is 0.240. The molecule has 5 N–H and O–H groups in total. The minimum Gasteiger partial charge on any atom is -0.481 e. The Morgan fingerprint density at radius 3 is 1.68 bits per heavy atom. The summed E-state index contributed by atoms with van der Waals surface area (Å²) < 4.78 is 20.9. The van der Waals surface area contributed by atoms with E-state index in [2.05, 4.69) is 10.6 Å². The Balaban J connectivity index is 2.74. The molecule has 0 aliphatic carbocycles. The summed E-state index contributed by atoms with van der Waals surface area (Å²) in [6, 6.07) is 6.71. The number of amides is 2. The summed E-state index contributed by atoms with van der Waals surface area (Å²) in [5, 5.41) is 31.1. The van der Waals surface area contributed by atoms with Crippen molar-refractivity contribution >= 4 is 29.9 Å². The molecule has 0 radical (unpaired) electrons. The summed E-state index contributed by atoms with van der Waals surface area (Å²) in [6.07, 6.45) is -1.77. The summed E-state index contributed by atoms with van der Waals surface area (Å²) in [5.74, 6) is -3.99. The second-order valence-corrected chi connectivity index (χ2v) is 7.62. The smallest absolute Gasteiger partial charge is 0.408 e. The first-order valence-corrected chi connectivity index (χ1v) is 11.3. The second-order valence-electron chi connectivity index (χ2n) is 7.62. The molecule has 0 heterocycles. The molecule has 1 aromatic rings. The summed E-state index contributed by atoms with van der Waals surface area (Å²) in [7, 11) is 0. The number of carboxylic acids is 3. The van der Waals surface area contributed by atoms with E-state index in [0.29, 0.717) is 5.56 Å². The Hall–Kier alpha value is -3.75. The molecule has 2 amide bonds. The van der Waals surface area contributed by atoms with Gasteiger partial charge in [0.25, 0.3) is 0 Å². The van der Waals surface area contributed by atoms with Crippen LogP contribution in [0.1, 0.15) is 24.8 Å². The lowest BCUT2D eigenvalue weighted by molar-refractivity contribution is -0.140. The fourth-order valence-corrected chi connectivity index (χ4v) is 2.65. The molecule has 0 aliphatic rings. The fourth-order valence-electron chi connectivity index (χ4n) is 2.65. The van der Waals surface area contributed by atoms with Crippen LogP contribution in [0.5, 0.6) is 0 Å². The third-order valence-electron chi connectivity index (χ3n) is 4.47. The maximum atomic E-state index is 12.9. The molecule has 14 nitrogen and oxygen atoms in total. The minimum atomic E-state index is -1.28. The first-order chi connectivity index (χ1) is 17.7. The molecule has 0 spiro atoms. The van der Waals surface area contributed by atoms with Crippen LogP contribution in [0.25, 0.3) is 0 Å². The van der Waals surface area contributed by atoms with Gasteiger partial charge >= 0.3 is 24.0 Å². The Labute approximate surface area is 212 Å². The molecule has 1 rings (SSSR count). The average Bonchev–Trinajstić information content (AvgIpc) is 2.84. The van der Waals surface area contributed by atoms with Crippen molar-refractivity contribution in [3.05, 3.63) is 35.9 Å². The maximum Gasteiger partial charge on any atom is 0.408 e. The van der Waals surface area contributed by atoms with Crippen molar-refractivity contribution in [3.63, 3.8) is 0 Å². The zero-order valence-corrected chi connectivity index (χ0v) is 20.1. The van der Waals surface area contributed by atoms with Crippen LogP contribution in [0.3, 0.4) is 0 Å². The number of hydrogen-bond acceptors (Lipinski definition) is 9. The summed E-state index contributed by atoms with van der Waals surface area (Å²) in [5.41, 5.74) is 0.716. The normalized spacial score (nSPS) is 11.5. The van der Waals surface area contributed by atoms with E-state index in [4.69, 9.17) is 34.3 Å². The van der Waals surface area contributed by atoms with Gasteiger partial charge in [-0.1, -0.05) is 30.3 Å². The lowest BCUT2D eigenvalue weighted by Gasteiger charge is -2.23. The number of benzene rings is 1. The van der Waals surface area contributed by atoms with Gasteiger partial charge in [-0.25, -0.2) is 4.79 Å². The Kier molecular flexibility index (Phi) is 15.6. The number of aliphatic carboxylic acids is 3. The summed E-state index contributed by atoms with van der Waals surface area (Å²) in [4.78, 5) is 57.2. The number of rotatable bonds is 20. The highest BCUT2D eigenvalue weighted by atomic mass is 16.5. The highest BCUT2D eigenvalue weighted by Crippen LogP contribution is 2.02. The van der Waals surface area contributed by atoms with Crippen molar-refractivity contribution in [1.82, 2.24) is 10.6 Å². The van der Waals surface area contributed by atoms with Crippen molar-refractivity contribution < 1.29 is 58.2 Å². The average molecular weight is 529 g/mol. The van der Waals surface area contributed by atoms with Gasteiger partial charge in [0.15, 0.2) is 0 Å². The largest absolute Gasteiger partial charge is 0.481 e. The monoisotopic (exact) mass is 528 g/mol. The lowest BCUT2D eigenvalue weighted by Crippen LogP contribution is -2.53. The van der Waals surface area contributed by atoms with Crippen molar-refractivity contribution in [2.75, 3.05) is 39.6 Å². The van der Waals surface area contributed by atoms with E-state index < -0.39 is 42.0 Å². The molecule has 1 atom stereocenters. The summed E-state index contributed by atoms with van der Waals surface area (Å²) >= 11 is 0. The van der Waals surface area contributed by atoms with Crippen molar-refractivity contribution in [3.8, 4) is 0 Å². The molecule has 0 bridgehead atoms. The molecule has 0 saturated heterocycles. The zero-order valence-electron chi connectivity index (χ0n) is 20.1. The Morgan fingerprint density at radius 2 is 1.19 bits per heavy atom. The highest BCUT2D eigenvalue weighted by Gasteiger charge is 2.25. The minimum absolute atomic E-state index is 0.0572. The van der Waals surface area contributed by atoms with Crippen LogP contribution in [-0.4, -0.2) is 97.0 Å². The predicted molar refractivity (Wildman–Crippen MR) is 125 cm³/mol. The van der Waals surface area contributed by atoms with E-state index in [1.807, 2.05) is 0 Å². The van der Waals surface area contributed by atoms with Crippen LogP contribution >= 0.6 is 0 Å². The Morgan fingerprint density at radius 1 is 0.703 bits per heavy atom. The van der Waals surface area contributed by atoms with E-state index in [1.54, 1.807) is 30.3 Å². The third-order valence-corrected chi connectivity index (χ3v) is 4.47. The van der Waals surface area contributed by atoms with Crippen molar-refractivity contribution in [1.29, 1.82) is 0 Å². The van der Waals surface area contributed by atoms with Crippen LogP contribution in [0.2, 0.25) is 0 Å². The number of hydrogen-bond donors (Lipinski definition) is 5. The summed E-state index contributed by atoms with van der Waals surface area (Å²) in [6.45, 7) is -1.22. The van der Waals surface area contributed by atoms with Crippen molar-refractivity contribution in [2.45, 2.75) is 38.0 Å². The van der Waals surface area contributed by atoms with Gasteiger partial charge < -0.3 is 44.9 Å². The maximum absolute atomic E-state index is 12.9. The topological polar surface area (TPSA) is 207 Å². The molecule has 37 heavy (non-hydrogen) atoms. The van der Waals surface area contributed by atoms with E-state index in [-0.39, 0.29) is 65.5 Å².